The number of benzene rings is 2. The number of para-hydroxylation sites is 2. The van der Waals surface area contributed by atoms with Gasteiger partial charge in [0.2, 0.25) is 19.3 Å². The number of fused-ring (bicyclic) bond motifs is 1. The fourth-order valence-electron chi connectivity index (χ4n) is 7.10. The van der Waals surface area contributed by atoms with Gasteiger partial charge in [0.15, 0.2) is 0 Å². The lowest BCUT2D eigenvalue weighted by Gasteiger charge is -2.41. The van der Waals surface area contributed by atoms with Crippen LogP contribution in [-0.2, 0) is 22.4 Å². The Hall–Kier alpha value is -3.49. The number of anilines is 2. The second kappa shape index (κ2) is 10.9. The van der Waals surface area contributed by atoms with Gasteiger partial charge >= 0.3 is 0 Å². The lowest BCUT2D eigenvalue weighted by molar-refractivity contribution is 0.199. The van der Waals surface area contributed by atoms with E-state index in [1.807, 2.05) is 37.4 Å². The Morgan fingerprint density at radius 3 is 2.47 bits per heavy atom. The lowest BCUT2D eigenvalue weighted by atomic mass is 9.81. The van der Waals surface area contributed by atoms with Crippen LogP contribution in [0.5, 0.6) is 0 Å². The Kier molecular flexibility index (Phi) is 7.17. The molecular formula is C32H38FN6O3P. The Bertz CT molecular complexity index is 1740. The molecule has 9 nitrogen and oxygen atoms in total. The molecule has 2 atom stereocenters. The zero-order chi connectivity index (χ0) is 29.8. The molecule has 3 aliphatic rings. The maximum Gasteiger partial charge on any atom is 0.256 e. The van der Waals surface area contributed by atoms with E-state index in [9.17, 15) is 13.8 Å². The van der Waals surface area contributed by atoms with Gasteiger partial charge in [-0.05, 0) is 73.8 Å². The molecule has 2 aliphatic carbocycles. The van der Waals surface area contributed by atoms with Crippen molar-refractivity contribution in [3.8, 4) is 0 Å². The van der Waals surface area contributed by atoms with Crippen LogP contribution in [0.3, 0.4) is 0 Å². The van der Waals surface area contributed by atoms with Crippen molar-refractivity contribution in [2.75, 3.05) is 36.6 Å². The minimum Gasteiger partial charge on any atom is -0.342 e. The summed E-state index contributed by atoms with van der Waals surface area (Å²) in [6.45, 7) is 3.84. The standard InChI is InChI=1S/C32H38FN6O3P/c1-36(30-34-18-12-29(40)39(30)22-42-43(2,41)28-11-15-32(28)16-17-32)25-13-19-37(20-14-25)31-35-26-5-3-4-6-27(26)38(31)21-23-7-9-24(33)10-8-23/h3-10,12,18,25,28H,11,13-17,19-22H2,1-2H3. The van der Waals surface area contributed by atoms with Crippen LogP contribution in [-0.4, -0.2) is 57.6 Å². The fraction of sp³-hybridized carbons (Fsp3) is 0.469. The molecule has 3 heterocycles. The summed E-state index contributed by atoms with van der Waals surface area (Å²) in [5.41, 5.74) is 3.12. The van der Waals surface area contributed by atoms with Crippen LogP contribution in [0.25, 0.3) is 11.0 Å². The maximum atomic E-state index is 13.6. The first-order valence-corrected chi connectivity index (χ1v) is 17.3. The first kappa shape index (κ1) is 28.3. The largest absolute Gasteiger partial charge is 0.342 e. The quantitative estimate of drug-likeness (QED) is 0.226. The predicted molar refractivity (Wildman–Crippen MR) is 167 cm³/mol. The molecule has 4 aromatic rings. The van der Waals surface area contributed by atoms with Crippen molar-refractivity contribution in [3.63, 3.8) is 0 Å². The van der Waals surface area contributed by atoms with Crippen molar-refractivity contribution >= 4 is 30.3 Å². The number of nitrogens with zero attached hydrogens (tertiary/aromatic N) is 6. The van der Waals surface area contributed by atoms with E-state index in [1.54, 1.807) is 6.66 Å². The van der Waals surface area contributed by atoms with E-state index in [2.05, 4.69) is 25.4 Å². The van der Waals surface area contributed by atoms with E-state index >= 15 is 0 Å². The second-order valence-corrected chi connectivity index (χ2v) is 15.2. The summed E-state index contributed by atoms with van der Waals surface area (Å²) < 4.78 is 36.8. The average Bonchev–Trinajstić information content (AvgIpc) is 3.75. The average molecular weight is 605 g/mol. The van der Waals surface area contributed by atoms with Gasteiger partial charge in [-0.3, -0.25) is 13.9 Å². The summed E-state index contributed by atoms with van der Waals surface area (Å²) in [6.07, 6.45) is 7.59. The van der Waals surface area contributed by atoms with E-state index in [0.29, 0.717) is 12.5 Å². The molecule has 0 radical (unpaired) electrons. The molecule has 43 heavy (non-hydrogen) atoms. The molecule has 1 aliphatic heterocycles. The highest BCUT2D eigenvalue weighted by Crippen LogP contribution is 2.73. The number of halogens is 1. The minimum absolute atomic E-state index is 0.0566. The molecule has 226 valence electrons. The van der Waals surface area contributed by atoms with Crippen molar-refractivity contribution in [3.05, 3.63) is 82.5 Å². The van der Waals surface area contributed by atoms with E-state index in [1.165, 1.54) is 29.0 Å². The molecule has 1 saturated heterocycles. The Morgan fingerprint density at radius 1 is 1.02 bits per heavy atom. The van der Waals surface area contributed by atoms with Gasteiger partial charge in [0, 0.05) is 50.8 Å². The van der Waals surface area contributed by atoms with Crippen LogP contribution in [0, 0.1) is 11.2 Å². The van der Waals surface area contributed by atoms with Gasteiger partial charge in [0.05, 0.1) is 17.6 Å². The SMILES string of the molecule is CN(c1nccc(=O)n1COP(C)(=O)C1CCC12CC2)C1CCN(c2nc3ccccc3n2Cc2ccc(F)cc2)CC1. The number of piperidine rings is 1. The summed E-state index contributed by atoms with van der Waals surface area (Å²) in [4.78, 5) is 26.9. The summed E-state index contributed by atoms with van der Waals surface area (Å²) >= 11 is 0. The molecule has 0 amide bonds. The number of hydrogen-bond acceptors (Lipinski definition) is 7. The Morgan fingerprint density at radius 2 is 1.77 bits per heavy atom. The molecule has 0 bridgehead atoms. The molecule has 2 saturated carbocycles. The van der Waals surface area contributed by atoms with Crippen molar-refractivity contribution < 1.29 is 13.5 Å². The van der Waals surface area contributed by atoms with Gasteiger partial charge < -0.3 is 18.9 Å². The zero-order valence-electron chi connectivity index (χ0n) is 24.7. The molecule has 2 aromatic carbocycles. The first-order chi connectivity index (χ1) is 20.7. The van der Waals surface area contributed by atoms with E-state index in [-0.39, 0.29) is 35.2 Å². The smallest absolute Gasteiger partial charge is 0.256 e. The molecule has 7 rings (SSSR count). The van der Waals surface area contributed by atoms with Gasteiger partial charge in [-0.2, -0.15) is 0 Å². The van der Waals surface area contributed by atoms with Crippen LogP contribution in [0.4, 0.5) is 16.3 Å². The van der Waals surface area contributed by atoms with Gasteiger partial charge in [-0.1, -0.05) is 24.3 Å². The van der Waals surface area contributed by atoms with Gasteiger partial charge in [0.25, 0.3) is 5.56 Å². The molecule has 2 aromatic heterocycles. The van der Waals surface area contributed by atoms with Crippen molar-refractivity contribution in [2.45, 2.75) is 63.5 Å². The van der Waals surface area contributed by atoms with Crippen LogP contribution < -0.4 is 15.4 Å². The summed E-state index contributed by atoms with van der Waals surface area (Å²) in [5.74, 6) is 1.19. The van der Waals surface area contributed by atoms with Crippen molar-refractivity contribution in [1.29, 1.82) is 0 Å². The maximum absolute atomic E-state index is 13.6. The van der Waals surface area contributed by atoms with Crippen LogP contribution in [0.1, 0.15) is 44.1 Å². The molecule has 0 N–H and O–H groups in total. The van der Waals surface area contributed by atoms with Crippen molar-refractivity contribution in [1.82, 2.24) is 19.1 Å². The number of aromatic nitrogens is 4. The highest BCUT2D eigenvalue weighted by Gasteiger charge is 2.61. The van der Waals surface area contributed by atoms with Gasteiger partial charge in [-0.15, -0.1) is 0 Å². The topological polar surface area (TPSA) is 85.5 Å². The Balaban J connectivity index is 1.06. The third-order valence-electron chi connectivity index (χ3n) is 9.94. The van der Waals surface area contributed by atoms with E-state index in [0.717, 1.165) is 74.2 Å². The number of rotatable bonds is 9. The Labute approximate surface area is 250 Å². The highest BCUT2D eigenvalue weighted by atomic mass is 31.2. The molecule has 2 unspecified atom stereocenters. The third-order valence-corrected chi connectivity index (χ3v) is 12.5. The lowest BCUT2D eigenvalue weighted by Crippen LogP contribution is -2.46. The first-order valence-electron chi connectivity index (χ1n) is 15.2. The van der Waals surface area contributed by atoms with Crippen LogP contribution >= 0.6 is 7.37 Å². The minimum atomic E-state index is -2.85. The molecule has 11 heteroatoms. The molecule has 1 spiro atoms. The van der Waals surface area contributed by atoms with Crippen molar-refractivity contribution in [2.24, 2.45) is 5.41 Å². The normalized spacial score (nSPS) is 21.1. The third kappa shape index (κ3) is 5.29. The number of hydrogen-bond donors (Lipinski definition) is 0. The van der Waals surface area contributed by atoms with E-state index in [4.69, 9.17) is 9.51 Å². The van der Waals surface area contributed by atoms with Gasteiger partial charge in [-0.25, -0.2) is 14.4 Å². The molecule has 3 fully saturated rings. The number of imidazole rings is 1. The highest BCUT2D eigenvalue weighted by molar-refractivity contribution is 7.59. The summed E-state index contributed by atoms with van der Waals surface area (Å²) in [5, 5.41) is 0. The van der Waals surface area contributed by atoms with Crippen LogP contribution in [0.15, 0.2) is 65.6 Å². The van der Waals surface area contributed by atoms with Crippen LogP contribution in [0.2, 0.25) is 0 Å². The van der Waals surface area contributed by atoms with Gasteiger partial charge in [0.1, 0.15) is 12.5 Å². The predicted octanol–water partition coefficient (Wildman–Crippen LogP) is 5.71. The monoisotopic (exact) mass is 604 g/mol. The summed E-state index contributed by atoms with van der Waals surface area (Å²) in [7, 11) is -0.880. The molecular weight excluding hydrogens is 566 g/mol. The fourth-order valence-corrected chi connectivity index (χ4v) is 9.60. The summed E-state index contributed by atoms with van der Waals surface area (Å²) in [6, 6.07) is 16.3. The second-order valence-electron chi connectivity index (χ2n) is 12.5. The van der Waals surface area contributed by atoms with E-state index < -0.39 is 7.37 Å². The zero-order valence-corrected chi connectivity index (χ0v) is 25.6.